The van der Waals surface area contributed by atoms with E-state index in [0.29, 0.717) is 47.0 Å². The van der Waals surface area contributed by atoms with Crippen molar-refractivity contribution in [3.05, 3.63) is 111 Å². The molecule has 0 saturated carbocycles. The summed E-state index contributed by atoms with van der Waals surface area (Å²) < 4.78 is 16.7. The molecule has 0 fully saturated rings. The van der Waals surface area contributed by atoms with E-state index >= 15 is 0 Å². The quantitative estimate of drug-likeness (QED) is 0.0582. The molecule has 44 heavy (non-hydrogen) atoms. The van der Waals surface area contributed by atoms with Crippen molar-refractivity contribution in [3.8, 4) is 11.5 Å². The van der Waals surface area contributed by atoms with Crippen molar-refractivity contribution < 1.29 is 38.5 Å². The van der Waals surface area contributed by atoms with Crippen molar-refractivity contribution in [2.75, 3.05) is 6.61 Å². The molecule has 0 aliphatic heterocycles. The lowest BCUT2D eigenvalue weighted by Crippen LogP contribution is -2.12. The third-order valence-corrected chi connectivity index (χ3v) is 8.01. The third-order valence-electron chi connectivity index (χ3n) is 6.80. The maximum atomic E-state index is 12.3. The Hall–Kier alpha value is -4.54. The normalized spacial score (nSPS) is 13.1. The van der Waals surface area contributed by atoms with Gasteiger partial charge in [-0.15, -0.1) is 11.8 Å². The molecular formula is C34H34O9S. The number of carboxylic acid groups (broad SMARTS) is 1. The van der Waals surface area contributed by atoms with Gasteiger partial charge in [-0.25, -0.2) is 4.79 Å². The van der Waals surface area contributed by atoms with Crippen LogP contribution in [-0.2, 0) is 6.42 Å². The van der Waals surface area contributed by atoms with Crippen LogP contribution in [0.15, 0.2) is 91.6 Å². The molecule has 4 aromatic rings. The molecule has 10 heteroatoms. The van der Waals surface area contributed by atoms with Gasteiger partial charge in [0.1, 0.15) is 22.8 Å². The number of phenols is 1. The van der Waals surface area contributed by atoms with Gasteiger partial charge >= 0.3 is 5.97 Å². The summed E-state index contributed by atoms with van der Waals surface area (Å²) in [5.41, 5.74) is 1.20. The minimum absolute atomic E-state index is 0.0267. The number of ether oxygens (including phenoxy) is 1. The number of fused-ring (bicyclic) bond motifs is 1. The number of aromatic hydroxyl groups is 1. The molecule has 4 rings (SSSR count). The van der Waals surface area contributed by atoms with Crippen LogP contribution in [0, 0.1) is 6.92 Å². The first kappa shape index (κ1) is 32.4. The molecule has 230 valence electrons. The molecule has 0 aliphatic carbocycles. The zero-order valence-corrected chi connectivity index (χ0v) is 25.4. The summed E-state index contributed by atoms with van der Waals surface area (Å²) in [5.74, 6) is -0.806. The van der Waals surface area contributed by atoms with Crippen molar-refractivity contribution in [1.29, 1.82) is 0 Å². The Morgan fingerprint density at radius 1 is 1.11 bits per heavy atom. The van der Waals surface area contributed by atoms with E-state index in [0.717, 1.165) is 12.5 Å². The first-order valence-corrected chi connectivity index (χ1v) is 15.0. The number of allylic oxidation sites excluding steroid dienone is 2. The number of aromatic carboxylic acids is 1. The number of carboxylic acids is 1. The second kappa shape index (κ2) is 14.8. The second-order valence-electron chi connectivity index (χ2n) is 10.2. The van der Waals surface area contributed by atoms with Gasteiger partial charge in [0.25, 0.3) is 0 Å². The Morgan fingerprint density at radius 2 is 1.91 bits per heavy atom. The van der Waals surface area contributed by atoms with Crippen molar-refractivity contribution in [2.24, 2.45) is 0 Å². The number of ketones is 1. The maximum absolute atomic E-state index is 12.3. The van der Waals surface area contributed by atoms with Crippen LogP contribution >= 0.6 is 11.8 Å². The molecule has 0 amide bonds. The minimum Gasteiger partial charge on any atom is -0.507 e. The fourth-order valence-corrected chi connectivity index (χ4v) is 5.69. The number of aliphatic hydroxyl groups is 1. The molecule has 0 radical (unpaired) electrons. The number of carbonyl (C=O) groups is 2. The van der Waals surface area contributed by atoms with Gasteiger partial charge in [0.15, 0.2) is 11.2 Å². The van der Waals surface area contributed by atoms with Gasteiger partial charge in [-0.1, -0.05) is 37.6 Å². The van der Waals surface area contributed by atoms with Crippen LogP contribution in [0.4, 0.5) is 0 Å². The van der Waals surface area contributed by atoms with E-state index in [9.17, 15) is 29.7 Å². The first-order chi connectivity index (χ1) is 21.1. The molecule has 9 nitrogen and oxygen atoms in total. The van der Waals surface area contributed by atoms with Crippen LogP contribution in [0.3, 0.4) is 0 Å². The van der Waals surface area contributed by atoms with Crippen molar-refractivity contribution in [2.45, 2.75) is 56.3 Å². The SMILES string of the molecule is CCCc1c(OCC/C=C\C=C\[C@H](Sc2ccc3c(=O)cc(C(=O)O)oc3c2)[C@H](O)c2coc(C)c2)ccc(C(C)=O)c1O. The zero-order chi connectivity index (χ0) is 31.8. The number of aliphatic hydroxyl groups excluding tert-OH is 1. The highest BCUT2D eigenvalue weighted by molar-refractivity contribution is 8.00. The number of benzene rings is 2. The molecular weight excluding hydrogens is 584 g/mol. The lowest BCUT2D eigenvalue weighted by Gasteiger charge is -2.18. The van der Waals surface area contributed by atoms with Gasteiger partial charge in [0.05, 0.1) is 35.2 Å². The van der Waals surface area contributed by atoms with Crippen LogP contribution < -0.4 is 10.2 Å². The number of phenolic OH excluding ortho intramolecular Hbond substituents is 1. The van der Waals surface area contributed by atoms with E-state index in [-0.39, 0.29) is 28.1 Å². The Balaban J connectivity index is 1.46. The van der Waals surface area contributed by atoms with E-state index in [2.05, 4.69) is 0 Å². The molecule has 2 heterocycles. The van der Waals surface area contributed by atoms with Gasteiger partial charge in [0, 0.05) is 22.1 Å². The van der Waals surface area contributed by atoms with Crippen LogP contribution in [-0.4, -0.2) is 38.9 Å². The van der Waals surface area contributed by atoms with Crippen LogP contribution in [0.25, 0.3) is 11.0 Å². The van der Waals surface area contributed by atoms with Gasteiger partial charge in [-0.05, 0) is 63.1 Å². The summed E-state index contributed by atoms with van der Waals surface area (Å²) in [6, 6.07) is 10.9. The molecule has 0 spiro atoms. The summed E-state index contributed by atoms with van der Waals surface area (Å²) >= 11 is 1.32. The number of aryl methyl sites for hydroxylation is 1. The van der Waals surface area contributed by atoms with E-state index < -0.39 is 28.5 Å². The summed E-state index contributed by atoms with van der Waals surface area (Å²) in [4.78, 5) is 36.1. The zero-order valence-electron chi connectivity index (χ0n) is 24.6. The van der Waals surface area contributed by atoms with E-state index in [1.165, 1.54) is 24.9 Å². The van der Waals surface area contributed by atoms with Gasteiger partial charge in [-0.2, -0.15) is 0 Å². The van der Waals surface area contributed by atoms with Crippen LogP contribution in [0.2, 0.25) is 0 Å². The Morgan fingerprint density at radius 3 is 2.59 bits per heavy atom. The number of thioether (sulfide) groups is 1. The van der Waals surface area contributed by atoms with E-state index in [1.807, 2.05) is 31.2 Å². The van der Waals surface area contributed by atoms with E-state index in [1.54, 1.807) is 43.3 Å². The lowest BCUT2D eigenvalue weighted by molar-refractivity contribution is 0.0662. The predicted molar refractivity (Wildman–Crippen MR) is 168 cm³/mol. The highest BCUT2D eigenvalue weighted by atomic mass is 32.2. The maximum Gasteiger partial charge on any atom is 0.371 e. The molecule has 2 aromatic carbocycles. The standard InChI is InChI=1S/C34H34O9S/c1-4-9-26-28(14-13-24(21(3)35)33(26)38)41-15-8-6-5-7-10-31(32(37)22-16-20(2)42-19-22)44-23-11-12-25-27(36)18-30(34(39)40)43-29(25)17-23/h5-7,10-14,16-19,31-32,37-38H,4,8-9,15H2,1-3H3,(H,39,40)/b6-5-,10-7+/t31-,32+/m0/s1. The van der Waals surface area contributed by atoms with E-state index in [4.69, 9.17) is 13.6 Å². The van der Waals surface area contributed by atoms with Gasteiger partial charge < -0.3 is 28.9 Å². The van der Waals surface area contributed by atoms with Crippen molar-refractivity contribution in [1.82, 2.24) is 0 Å². The van der Waals surface area contributed by atoms with Crippen LogP contribution in [0.5, 0.6) is 11.5 Å². The fraction of sp³-hybridized carbons (Fsp3) is 0.265. The monoisotopic (exact) mass is 618 g/mol. The Kier molecular flexibility index (Phi) is 10.9. The number of furan rings is 1. The van der Waals surface area contributed by atoms with Gasteiger partial charge in [-0.3, -0.25) is 9.59 Å². The van der Waals surface area contributed by atoms with Crippen molar-refractivity contribution in [3.63, 3.8) is 0 Å². The molecule has 2 aromatic heterocycles. The molecule has 0 bridgehead atoms. The highest BCUT2D eigenvalue weighted by Gasteiger charge is 2.22. The third kappa shape index (κ3) is 7.89. The Bertz CT molecular complexity index is 1760. The molecule has 0 saturated heterocycles. The molecule has 2 atom stereocenters. The van der Waals surface area contributed by atoms with Gasteiger partial charge in [0.2, 0.25) is 5.76 Å². The van der Waals surface area contributed by atoms with Crippen LogP contribution in [0.1, 0.15) is 70.6 Å². The summed E-state index contributed by atoms with van der Waals surface area (Å²) in [5, 5.41) is 30.8. The molecule has 0 unspecified atom stereocenters. The first-order valence-electron chi connectivity index (χ1n) is 14.1. The summed E-state index contributed by atoms with van der Waals surface area (Å²) in [7, 11) is 0. The largest absolute Gasteiger partial charge is 0.507 e. The number of rotatable bonds is 14. The average molecular weight is 619 g/mol. The lowest BCUT2D eigenvalue weighted by atomic mass is 10.0. The number of Topliss-reactive ketones (excluding diaryl/α,β-unsaturated/α-hetero) is 1. The predicted octanol–water partition coefficient (Wildman–Crippen LogP) is 7.03. The minimum atomic E-state index is -1.34. The highest BCUT2D eigenvalue weighted by Crippen LogP contribution is 2.36. The number of carbonyl (C=O) groups excluding carboxylic acids is 1. The number of hydrogen-bond donors (Lipinski definition) is 3. The second-order valence-corrected chi connectivity index (χ2v) is 11.4. The number of hydrogen-bond acceptors (Lipinski definition) is 9. The smallest absolute Gasteiger partial charge is 0.371 e. The summed E-state index contributed by atoms with van der Waals surface area (Å²) in [6.45, 7) is 5.55. The fourth-order valence-electron chi connectivity index (χ4n) is 4.60. The topological polar surface area (TPSA) is 147 Å². The average Bonchev–Trinajstić information content (AvgIpc) is 3.42. The van der Waals surface area contributed by atoms with Crippen molar-refractivity contribution >= 4 is 34.5 Å². The summed E-state index contributed by atoms with van der Waals surface area (Å²) in [6.07, 6.45) is 9.91. The molecule has 3 N–H and O–H groups in total. The Labute approximate surface area is 258 Å². The molecule has 0 aliphatic rings.